The van der Waals surface area contributed by atoms with E-state index in [4.69, 9.17) is 12.6 Å². The zero-order valence-corrected chi connectivity index (χ0v) is 15.8. The summed E-state index contributed by atoms with van der Waals surface area (Å²) < 4.78 is 0. The third-order valence-corrected chi connectivity index (χ3v) is 4.56. The molecule has 1 radical (unpaired) electrons. The van der Waals surface area contributed by atoms with Gasteiger partial charge in [0.25, 0.3) is 0 Å². The van der Waals surface area contributed by atoms with Crippen molar-refractivity contribution in [1.29, 1.82) is 0 Å². The summed E-state index contributed by atoms with van der Waals surface area (Å²) in [6, 6.07) is 16.9. The average molecular weight is 341 g/mol. The van der Waals surface area contributed by atoms with Gasteiger partial charge in [0, 0.05) is 13.1 Å². The molecule has 0 atom stereocenters. The molecule has 0 aromatic heterocycles. The van der Waals surface area contributed by atoms with Crippen molar-refractivity contribution in [2.45, 2.75) is 52.6 Å². The first-order chi connectivity index (χ1) is 11.4. The van der Waals surface area contributed by atoms with Gasteiger partial charge in [-0.3, -0.25) is 4.79 Å². The van der Waals surface area contributed by atoms with Crippen LogP contribution in [0.2, 0.25) is 0 Å². The molecule has 0 saturated carbocycles. The summed E-state index contributed by atoms with van der Waals surface area (Å²) in [5.74, 6) is 1.02. The Labute approximate surface area is 151 Å². The molecule has 3 heteroatoms. The van der Waals surface area contributed by atoms with Gasteiger partial charge in [-0.1, -0.05) is 76.2 Å². The molecule has 0 saturated heterocycles. The summed E-state index contributed by atoms with van der Waals surface area (Å²) in [6.45, 7) is 9.80. The topological polar surface area (TPSA) is 20.3 Å². The van der Waals surface area contributed by atoms with Gasteiger partial charge in [-0.25, -0.2) is 0 Å². The van der Waals surface area contributed by atoms with E-state index in [1.807, 2.05) is 0 Å². The molecule has 0 spiro atoms. The number of rotatable bonds is 6. The van der Waals surface area contributed by atoms with Crippen molar-refractivity contribution < 1.29 is 4.79 Å². The van der Waals surface area contributed by atoms with Gasteiger partial charge >= 0.3 is 5.24 Å². The van der Waals surface area contributed by atoms with Crippen molar-refractivity contribution in [2.75, 3.05) is 0 Å². The highest BCUT2D eigenvalue weighted by Crippen LogP contribution is 2.19. The Hall–Kier alpha value is -1.87. The zero-order chi connectivity index (χ0) is 17.7. The fourth-order valence-electron chi connectivity index (χ4n) is 2.64. The van der Waals surface area contributed by atoms with Crippen LogP contribution in [0.1, 0.15) is 61.8 Å². The Morgan fingerprint density at radius 3 is 1.38 bits per heavy atom. The number of carbonyl (C=O) groups excluding carboxylic acids is 1. The van der Waals surface area contributed by atoms with E-state index in [2.05, 4.69) is 76.2 Å². The maximum atomic E-state index is 11.8. The highest BCUT2D eigenvalue weighted by Gasteiger charge is 2.13. The van der Waals surface area contributed by atoms with Crippen LogP contribution in [0.15, 0.2) is 48.5 Å². The predicted molar refractivity (Wildman–Crippen MR) is 103 cm³/mol. The minimum absolute atomic E-state index is 0.309. The number of amides is 1. The first kappa shape index (κ1) is 18.5. The molecule has 2 aromatic rings. The monoisotopic (exact) mass is 340 g/mol. The first-order valence-electron chi connectivity index (χ1n) is 8.50. The molecule has 2 rings (SSSR count). The van der Waals surface area contributed by atoms with Gasteiger partial charge in [0.15, 0.2) is 0 Å². The highest BCUT2D eigenvalue weighted by molar-refractivity contribution is 7.96. The molecule has 2 nitrogen and oxygen atoms in total. The van der Waals surface area contributed by atoms with Crippen molar-refractivity contribution >= 4 is 17.9 Å². The van der Waals surface area contributed by atoms with Gasteiger partial charge in [-0.2, -0.15) is 0 Å². The fourth-order valence-corrected chi connectivity index (χ4v) is 2.77. The lowest BCUT2D eigenvalue weighted by atomic mass is 10.0. The summed E-state index contributed by atoms with van der Waals surface area (Å²) in [6.07, 6.45) is 0. The second kappa shape index (κ2) is 8.29. The van der Waals surface area contributed by atoms with E-state index < -0.39 is 0 Å². The van der Waals surface area contributed by atoms with Crippen LogP contribution in [0.25, 0.3) is 0 Å². The van der Waals surface area contributed by atoms with Crippen molar-refractivity contribution in [1.82, 2.24) is 4.90 Å². The van der Waals surface area contributed by atoms with Crippen LogP contribution in [0.3, 0.4) is 0 Å². The standard InChI is InChI=1S/C21H26NOS/c1-15(2)19-9-5-17(6-10-19)13-22(21(23)24)14-18-7-11-20(12-8-18)16(3)4/h5-12,15-16H,13-14H2,1-4H3. The van der Waals surface area contributed by atoms with E-state index >= 15 is 0 Å². The van der Waals surface area contributed by atoms with Crippen LogP contribution >= 0.6 is 12.6 Å². The van der Waals surface area contributed by atoms with Crippen LogP contribution in [-0.2, 0) is 13.1 Å². The second-order valence-electron chi connectivity index (χ2n) is 6.91. The Kier molecular flexibility index (Phi) is 6.38. The Balaban J connectivity index is 2.07. The van der Waals surface area contributed by atoms with Crippen LogP contribution < -0.4 is 0 Å². The molecule has 0 heterocycles. The summed E-state index contributed by atoms with van der Waals surface area (Å²) in [5, 5.41) is -0.309. The minimum atomic E-state index is -0.309. The second-order valence-corrected chi connectivity index (χ2v) is 7.26. The third kappa shape index (κ3) is 5.07. The van der Waals surface area contributed by atoms with E-state index in [1.54, 1.807) is 4.90 Å². The molecule has 0 unspecified atom stereocenters. The molecule has 2 aromatic carbocycles. The van der Waals surface area contributed by atoms with Crippen molar-refractivity contribution in [3.8, 4) is 0 Å². The highest BCUT2D eigenvalue weighted by atomic mass is 32.1. The maximum Gasteiger partial charge on any atom is 0.313 e. The summed E-state index contributed by atoms with van der Waals surface area (Å²) in [7, 11) is 0. The van der Waals surface area contributed by atoms with Crippen LogP contribution in [0.4, 0.5) is 4.79 Å². The van der Waals surface area contributed by atoms with Crippen LogP contribution in [-0.4, -0.2) is 10.1 Å². The number of hydrogen-bond donors (Lipinski definition) is 0. The maximum absolute atomic E-state index is 11.8. The molecule has 127 valence electrons. The van der Waals surface area contributed by atoms with E-state index in [0.717, 1.165) is 11.1 Å². The molecule has 1 amide bonds. The number of hydrogen-bond acceptors (Lipinski definition) is 1. The van der Waals surface area contributed by atoms with Crippen molar-refractivity contribution in [2.24, 2.45) is 0 Å². The predicted octanol–water partition coefficient (Wildman–Crippen LogP) is 6.25. The first-order valence-corrected chi connectivity index (χ1v) is 8.91. The molecule has 0 aliphatic carbocycles. The van der Waals surface area contributed by atoms with Crippen LogP contribution in [0, 0.1) is 0 Å². The SMILES string of the molecule is CC(C)c1ccc(CN(Cc2ccc(C(C)C)cc2)C(=O)[S])cc1. The lowest BCUT2D eigenvalue weighted by molar-refractivity contribution is 0.218. The summed E-state index contributed by atoms with van der Waals surface area (Å²) >= 11 is 4.92. The third-order valence-electron chi connectivity index (χ3n) is 4.30. The molecular formula is C21H26NOS. The van der Waals surface area contributed by atoms with E-state index in [-0.39, 0.29) is 5.24 Å². The fraction of sp³-hybridized carbons (Fsp3) is 0.381. The Bertz CT molecular complexity index is 606. The molecule has 0 fully saturated rings. The number of carbonyl (C=O) groups is 1. The largest absolute Gasteiger partial charge is 0.321 e. The quantitative estimate of drug-likeness (QED) is 0.608. The van der Waals surface area contributed by atoms with Gasteiger partial charge in [-0.15, -0.1) is 0 Å². The van der Waals surface area contributed by atoms with Crippen molar-refractivity contribution in [3.05, 3.63) is 70.8 Å². The number of benzene rings is 2. The van der Waals surface area contributed by atoms with E-state index in [0.29, 0.717) is 24.9 Å². The summed E-state index contributed by atoms with van der Waals surface area (Å²) in [4.78, 5) is 13.6. The zero-order valence-electron chi connectivity index (χ0n) is 15.0. The Morgan fingerprint density at radius 2 is 1.12 bits per heavy atom. The van der Waals surface area contributed by atoms with Crippen LogP contribution in [0.5, 0.6) is 0 Å². The molecule has 0 N–H and O–H groups in total. The van der Waals surface area contributed by atoms with Gasteiger partial charge in [0.1, 0.15) is 0 Å². The normalized spacial score (nSPS) is 11.1. The van der Waals surface area contributed by atoms with Gasteiger partial charge < -0.3 is 4.90 Å². The lowest BCUT2D eigenvalue weighted by Crippen LogP contribution is -2.25. The van der Waals surface area contributed by atoms with E-state index in [9.17, 15) is 4.79 Å². The minimum Gasteiger partial charge on any atom is -0.321 e. The molecular weight excluding hydrogens is 314 g/mol. The van der Waals surface area contributed by atoms with Crippen molar-refractivity contribution in [3.63, 3.8) is 0 Å². The van der Waals surface area contributed by atoms with E-state index in [1.165, 1.54) is 11.1 Å². The smallest absolute Gasteiger partial charge is 0.313 e. The molecule has 0 bridgehead atoms. The molecule has 0 aliphatic heterocycles. The molecule has 0 aliphatic rings. The average Bonchev–Trinajstić information content (AvgIpc) is 2.55. The Morgan fingerprint density at radius 1 is 0.792 bits per heavy atom. The molecule has 24 heavy (non-hydrogen) atoms. The van der Waals surface area contributed by atoms with Gasteiger partial charge in [0.05, 0.1) is 0 Å². The number of nitrogens with zero attached hydrogens (tertiary/aromatic N) is 1. The summed E-state index contributed by atoms with van der Waals surface area (Å²) in [5.41, 5.74) is 4.83. The lowest BCUT2D eigenvalue weighted by Gasteiger charge is -2.20. The van der Waals surface area contributed by atoms with Gasteiger partial charge in [-0.05, 0) is 46.7 Å². The van der Waals surface area contributed by atoms with Gasteiger partial charge in [0.2, 0.25) is 0 Å².